The molecule has 1 unspecified atom stereocenters. The maximum Gasteiger partial charge on any atom is 0.422 e. The van der Waals surface area contributed by atoms with Crippen molar-refractivity contribution in [1.29, 1.82) is 0 Å². The second kappa shape index (κ2) is 8.79. The molecule has 0 aliphatic carbocycles. The first-order chi connectivity index (χ1) is 9.67. The minimum atomic E-state index is -4.55. The fraction of sp³-hybridized carbons (Fsp3) is 0.462. The number of carbonyl (C=O) groups is 1. The van der Waals surface area contributed by atoms with Crippen LogP contribution in [0.15, 0.2) is 18.2 Å². The SMILES string of the molecule is CC(N)CCC(=O)Nc1ccc(F)cc1OCC(F)(F)F.Cl. The van der Waals surface area contributed by atoms with E-state index in [1.165, 1.54) is 0 Å². The number of hydrogen-bond acceptors (Lipinski definition) is 3. The lowest BCUT2D eigenvalue weighted by atomic mass is 10.2. The molecule has 0 bridgehead atoms. The van der Waals surface area contributed by atoms with Crippen molar-refractivity contribution >= 4 is 24.0 Å². The summed E-state index contributed by atoms with van der Waals surface area (Å²) in [4.78, 5) is 11.6. The predicted octanol–water partition coefficient (Wildman–Crippen LogP) is 3.25. The largest absolute Gasteiger partial charge is 0.482 e. The van der Waals surface area contributed by atoms with E-state index in [4.69, 9.17) is 5.73 Å². The second-order valence-electron chi connectivity index (χ2n) is 4.61. The molecule has 0 saturated heterocycles. The fourth-order valence-electron chi connectivity index (χ4n) is 1.45. The number of amides is 1. The average molecular weight is 345 g/mol. The topological polar surface area (TPSA) is 64.4 Å². The summed E-state index contributed by atoms with van der Waals surface area (Å²) in [5.41, 5.74) is 5.48. The molecule has 4 nitrogen and oxygen atoms in total. The molecule has 0 aliphatic rings. The van der Waals surface area contributed by atoms with Gasteiger partial charge in [0.25, 0.3) is 0 Å². The first-order valence-electron chi connectivity index (χ1n) is 6.22. The van der Waals surface area contributed by atoms with Gasteiger partial charge in [-0.2, -0.15) is 13.2 Å². The summed E-state index contributed by atoms with van der Waals surface area (Å²) in [7, 11) is 0. The van der Waals surface area contributed by atoms with E-state index in [0.29, 0.717) is 6.42 Å². The Kier molecular flexibility index (Phi) is 8.18. The number of alkyl halides is 3. The lowest BCUT2D eigenvalue weighted by Crippen LogP contribution is -2.21. The first-order valence-corrected chi connectivity index (χ1v) is 6.22. The number of hydrogen-bond donors (Lipinski definition) is 2. The molecule has 0 saturated carbocycles. The molecule has 0 aromatic heterocycles. The molecule has 1 aromatic carbocycles. The van der Waals surface area contributed by atoms with E-state index in [1.54, 1.807) is 6.92 Å². The van der Waals surface area contributed by atoms with Gasteiger partial charge in [-0.15, -0.1) is 12.4 Å². The zero-order valence-corrected chi connectivity index (χ0v) is 12.6. The molecule has 1 amide bonds. The van der Waals surface area contributed by atoms with E-state index < -0.39 is 24.5 Å². The van der Waals surface area contributed by atoms with Crippen molar-refractivity contribution in [3.05, 3.63) is 24.0 Å². The molecule has 1 aromatic rings. The van der Waals surface area contributed by atoms with Crippen LogP contribution >= 0.6 is 12.4 Å². The third-order valence-corrected chi connectivity index (χ3v) is 2.44. The highest BCUT2D eigenvalue weighted by Crippen LogP contribution is 2.27. The number of nitrogens with one attached hydrogen (secondary N) is 1. The van der Waals surface area contributed by atoms with Crippen LogP contribution in [0.1, 0.15) is 19.8 Å². The van der Waals surface area contributed by atoms with Crippen molar-refractivity contribution in [2.45, 2.75) is 32.0 Å². The van der Waals surface area contributed by atoms with Crippen molar-refractivity contribution in [3.63, 3.8) is 0 Å². The molecule has 1 rings (SSSR count). The predicted molar refractivity (Wildman–Crippen MR) is 76.7 cm³/mol. The van der Waals surface area contributed by atoms with Crippen LogP contribution in [0.5, 0.6) is 5.75 Å². The Bertz CT molecular complexity index is 495. The van der Waals surface area contributed by atoms with Crippen molar-refractivity contribution in [1.82, 2.24) is 0 Å². The Hall–Kier alpha value is -1.54. The van der Waals surface area contributed by atoms with Gasteiger partial charge in [-0.3, -0.25) is 4.79 Å². The van der Waals surface area contributed by atoms with Crippen LogP contribution in [0, 0.1) is 5.82 Å². The Balaban J connectivity index is 0.00000441. The van der Waals surface area contributed by atoms with E-state index in [9.17, 15) is 22.4 Å². The van der Waals surface area contributed by atoms with Gasteiger partial charge in [-0.05, 0) is 25.5 Å². The highest BCUT2D eigenvalue weighted by Gasteiger charge is 2.29. The Morgan fingerprint density at radius 1 is 1.41 bits per heavy atom. The van der Waals surface area contributed by atoms with Gasteiger partial charge in [0.05, 0.1) is 5.69 Å². The van der Waals surface area contributed by atoms with Gasteiger partial charge in [-0.1, -0.05) is 0 Å². The maximum absolute atomic E-state index is 13.1. The van der Waals surface area contributed by atoms with Gasteiger partial charge in [0.15, 0.2) is 6.61 Å². The molecule has 1 atom stereocenters. The molecule has 0 heterocycles. The molecular formula is C13H17ClF4N2O2. The summed E-state index contributed by atoms with van der Waals surface area (Å²) in [5.74, 6) is -1.57. The van der Waals surface area contributed by atoms with Crippen LogP contribution < -0.4 is 15.8 Å². The molecule has 126 valence electrons. The molecule has 0 aliphatic heterocycles. The standard InChI is InChI=1S/C13H16F4N2O2.ClH/c1-8(18)2-5-12(20)19-10-4-3-9(14)6-11(10)21-7-13(15,16)17;/h3-4,6,8H,2,5,7,18H2,1H3,(H,19,20);1H. The highest BCUT2D eigenvalue weighted by molar-refractivity contribution is 5.92. The van der Waals surface area contributed by atoms with E-state index >= 15 is 0 Å². The Morgan fingerprint density at radius 3 is 2.59 bits per heavy atom. The van der Waals surface area contributed by atoms with Gasteiger partial charge in [0.1, 0.15) is 11.6 Å². The van der Waals surface area contributed by atoms with Gasteiger partial charge < -0.3 is 15.8 Å². The third kappa shape index (κ3) is 8.04. The van der Waals surface area contributed by atoms with E-state index in [2.05, 4.69) is 10.1 Å². The van der Waals surface area contributed by atoms with E-state index in [-0.39, 0.29) is 36.3 Å². The molecule has 0 fully saturated rings. The smallest absolute Gasteiger partial charge is 0.422 e. The van der Waals surface area contributed by atoms with Gasteiger partial charge in [0.2, 0.25) is 5.91 Å². The Labute approximate surface area is 131 Å². The molecule has 0 radical (unpaired) electrons. The minimum absolute atomic E-state index is 0. The van der Waals surface area contributed by atoms with Crippen LogP contribution in [0.25, 0.3) is 0 Å². The number of ether oxygens (including phenoxy) is 1. The second-order valence-corrected chi connectivity index (χ2v) is 4.61. The quantitative estimate of drug-likeness (QED) is 0.779. The molecular weight excluding hydrogens is 328 g/mol. The van der Waals surface area contributed by atoms with Crippen LogP contribution in [0.2, 0.25) is 0 Å². The summed E-state index contributed by atoms with van der Waals surface area (Å²) in [6.45, 7) is 0.155. The van der Waals surface area contributed by atoms with Crippen molar-refractivity contribution < 1.29 is 27.1 Å². The summed E-state index contributed by atoms with van der Waals surface area (Å²) in [6.07, 6.45) is -4.03. The van der Waals surface area contributed by atoms with Gasteiger partial charge >= 0.3 is 6.18 Å². The lowest BCUT2D eigenvalue weighted by molar-refractivity contribution is -0.153. The Morgan fingerprint density at radius 2 is 2.05 bits per heavy atom. The zero-order chi connectivity index (χ0) is 16.0. The average Bonchev–Trinajstić information content (AvgIpc) is 2.35. The number of benzene rings is 1. The normalized spacial score (nSPS) is 12.3. The maximum atomic E-state index is 13.1. The number of rotatable bonds is 6. The number of carbonyl (C=O) groups excluding carboxylic acids is 1. The summed E-state index contributed by atoms with van der Waals surface area (Å²) < 4.78 is 53.9. The number of nitrogens with two attached hydrogens (primary N) is 1. The first kappa shape index (κ1) is 20.5. The molecule has 22 heavy (non-hydrogen) atoms. The monoisotopic (exact) mass is 344 g/mol. The van der Waals surface area contributed by atoms with E-state index in [0.717, 1.165) is 18.2 Å². The van der Waals surface area contributed by atoms with Gasteiger partial charge in [-0.25, -0.2) is 4.39 Å². The molecule has 0 spiro atoms. The van der Waals surface area contributed by atoms with Crippen LogP contribution in [-0.4, -0.2) is 24.7 Å². The summed E-state index contributed by atoms with van der Waals surface area (Å²) in [5, 5.41) is 2.38. The van der Waals surface area contributed by atoms with Crippen molar-refractivity contribution in [2.24, 2.45) is 5.73 Å². The minimum Gasteiger partial charge on any atom is -0.482 e. The third-order valence-electron chi connectivity index (χ3n) is 2.44. The van der Waals surface area contributed by atoms with E-state index in [1.807, 2.05) is 0 Å². The highest BCUT2D eigenvalue weighted by atomic mass is 35.5. The van der Waals surface area contributed by atoms with Crippen LogP contribution in [-0.2, 0) is 4.79 Å². The summed E-state index contributed by atoms with van der Waals surface area (Å²) in [6, 6.07) is 2.77. The van der Waals surface area contributed by atoms with Crippen LogP contribution in [0.3, 0.4) is 0 Å². The van der Waals surface area contributed by atoms with Gasteiger partial charge in [0, 0.05) is 18.5 Å². The fourth-order valence-corrected chi connectivity index (χ4v) is 1.45. The van der Waals surface area contributed by atoms with Crippen molar-refractivity contribution in [3.8, 4) is 5.75 Å². The molecule has 3 N–H and O–H groups in total. The van der Waals surface area contributed by atoms with Crippen molar-refractivity contribution in [2.75, 3.05) is 11.9 Å². The molecule has 9 heteroatoms. The zero-order valence-electron chi connectivity index (χ0n) is 11.7. The summed E-state index contributed by atoms with van der Waals surface area (Å²) >= 11 is 0. The lowest BCUT2D eigenvalue weighted by Gasteiger charge is -2.14. The number of halogens is 5. The number of anilines is 1. The van der Waals surface area contributed by atoms with Crippen LogP contribution in [0.4, 0.5) is 23.2 Å².